The summed E-state index contributed by atoms with van der Waals surface area (Å²) in [6, 6.07) is 23.0. The predicted molar refractivity (Wildman–Crippen MR) is 127 cm³/mol. The van der Waals surface area contributed by atoms with Gasteiger partial charge < -0.3 is 5.11 Å². The number of nitrogens with zero attached hydrogens (tertiary/aromatic N) is 3. The number of benzene rings is 2. The first-order chi connectivity index (χ1) is 16.1. The van der Waals surface area contributed by atoms with E-state index in [1.807, 2.05) is 36.4 Å². The number of ketones is 1. The third-order valence-electron chi connectivity index (χ3n) is 5.48. The second-order valence-electron chi connectivity index (χ2n) is 7.56. The van der Waals surface area contributed by atoms with Gasteiger partial charge in [-0.2, -0.15) is 0 Å². The molecule has 2 aromatic carbocycles. The Balaban J connectivity index is 1.62. The summed E-state index contributed by atoms with van der Waals surface area (Å²) in [6.45, 7) is 1.76. The molecule has 162 valence electrons. The van der Waals surface area contributed by atoms with E-state index in [-0.39, 0.29) is 5.57 Å². The van der Waals surface area contributed by atoms with Gasteiger partial charge in [0.15, 0.2) is 5.76 Å². The molecule has 0 spiro atoms. The Hall–Kier alpha value is -4.10. The Morgan fingerprint density at radius 1 is 0.970 bits per heavy atom. The SMILES string of the molecule is Cc1nc(-c2ccccc2)sc1C(=O)C1=C(O)C(=O)N(c2ccccc2)C1c1ccccn1. The van der Waals surface area contributed by atoms with Crippen molar-refractivity contribution in [1.82, 2.24) is 9.97 Å². The highest BCUT2D eigenvalue weighted by Crippen LogP contribution is 2.42. The molecule has 1 atom stereocenters. The molecule has 2 aromatic heterocycles. The van der Waals surface area contributed by atoms with Crippen molar-refractivity contribution in [3.05, 3.63) is 113 Å². The van der Waals surface area contributed by atoms with E-state index in [2.05, 4.69) is 9.97 Å². The molecule has 4 aromatic rings. The molecule has 1 aliphatic heterocycles. The van der Waals surface area contributed by atoms with Crippen molar-refractivity contribution in [1.29, 1.82) is 0 Å². The van der Waals surface area contributed by atoms with E-state index >= 15 is 0 Å². The maximum Gasteiger partial charge on any atom is 0.294 e. The van der Waals surface area contributed by atoms with Crippen LogP contribution in [0.4, 0.5) is 5.69 Å². The van der Waals surface area contributed by atoms with Crippen molar-refractivity contribution in [2.24, 2.45) is 0 Å². The number of carbonyl (C=O) groups excluding carboxylic acids is 2. The van der Waals surface area contributed by atoms with Gasteiger partial charge in [-0.1, -0.05) is 54.6 Å². The second-order valence-corrected chi connectivity index (χ2v) is 8.56. The standard InChI is InChI=1S/C26H19N3O3S/c1-16-24(33-25(28-16)17-10-4-2-5-11-17)22(30)20-21(19-14-8-9-15-27-19)29(26(32)23(20)31)18-12-6-3-7-13-18/h2-15,21,31H,1H3. The Morgan fingerprint density at radius 3 is 2.30 bits per heavy atom. The fourth-order valence-electron chi connectivity index (χ4n) is 3.94. The van der Waals surface area contributed by atoms with E-state index in [0.29, 0.717) is 27.0 Å². The van der Waals surface area contributed by atoms with Crippen LogP contribution < -0.4 is 4.90 Å². The van der Waals surface area contributed by atoms with Gasteiger partial charge in [-0.3, -0.25) is 19.5 Å². The Morgan fingerprint density at radius 2 is 1.64 bits per heavy atom. The lowest BCUT2D eigenvalue weighted by Crippen LogP contribution is -2.31. The van der Waals surface area contributed by atoms with Gasteiger partial charge in [0, 0.05) is 17.4 Å². The molecule has 0 bridgehead atoms. The minimum atomic E-state index is -0.852. The molecule has 0 saturated heterocycles. The second kappa shape index (κ2) is 8.44. The fourth-order valence-corrected chi connectivity index (χ4v) is 4.97. The lowest BCUT2D eigenvalue weighted by Gasteiger charge is -2.26. The maximum absolute atomic E-state index is 13.8. The number of carbonyl (C=O) groups is 2. The van der Waals surface area contributed by atoms with Crippen molar-refractivity contribution >= 4 is 28.7 Å². The number of thiazole rings is 1. The van der Waals surface area contributed by atoms with Crippen LogP contribution in [0.15, 0.2) is 96.4 Å². The number of aliphatic hydroxyl groups is 1. The van der Waals surface area contributed by atoms with Gasteiger partial charge in [-0.15, -0.1) is 11.3 Å². The molecule has 0 aliphatic carbocycles. The number of hydrogen-bond acceptors (Lipinski definition) is 6. The lowest BCUT2D eigenvalue weighted by atomic mass is 9.98. The number of aryl methyl sites for hydroxylation is 1. The maximum atomic E-state index is 13.8. The monoisotopic (exact) mass is 453 g/mol. The van der Waals surface area contributed by atoms with Crippen LogP contribution >= 0.6 is 11.3 Å². The highest BCUT2D eigenvalue weighted by atomic mass is 32.1. The summed E-state index contributed by atoms with van der Waals surface area (Å²) in [5.41, 5.74) is 2.52. The fraction of sp³-hybridized carbons (Fsp3) is 0.0769. The molecule has 0 saturated carbocycles. The summed E-state index contributed by atoms with van der Waals surface area (Å²) in [6.07, 6.45) is 1.60. The van der Waals surface area contributed by atoms with Crippen molar-refractivity contribution in [3.63, 3.8) is 0 Å². The van der Waals surface area contributed by atoms with E-state index in [9.17, 15) is 14.7 Å². The van der Waals surface area contributed by atoms with Gasteiger partial charge >= 0.3 is 0 Å². The molecular formula is C26H19N3O3S. The molecule has 1 N–H and O–H groups in total. The highest BCUT2D eigenvalue weighted by Gasteiger charge is 2.46. The minimum absolute atomic E-state index is 0.00825. The number of anilines is 1. The Kier molecular flexibility index (Phi) is 5.32. The number of rotatable bonds is 5. The van der Waals surface area contributed by atoms with Gasteiger partial charge in [-0.25, -0.2) is 4.98 Å². The van der Waals surface area contributed by atoms with Crippen LogP contribution in [-0.4, -0.2) is 26.8 Å². The number of aliphatic hydroxyl groups excluding tert-OH is 1. The Labute approximate surface area is 194 Å². The first-order valence-electron chi connectivity index (χ1n) is 10.4. The van der Waals surface area contributed by atoms with Crippen LogP contribution in [0.1, 0.15) is 27.1 Å². The molecule has 5 rings (SSSR count). The zero-order valence-corrected chi connectivity index (χ0v) is 18.5. The first-order valence-corrected chi connectivity index (χ1v) is 11.2. The van der Waals surface area contributed by atoms with E-state index < -0.39 is 23.5 Å². The summed E-state index contributed by atoms with van der Waals surface area (Å²) in [7, 11) is 0. The molecule has 6 nitrogen and oxygen atoms in total. The number of hydrogen-bond donors (Lipinski definition) is 1. The van der Waals surface area contributed by atoms with Gasteiger partial charge in [-0.05, 0) is 31.2 Å². The first kappa shape index (κ1) is 20.8. The van der Waals surface area contributed by atoms with E-state index in [4.69, 9.17) is 0 Å². The van der Waals surface area contributed by atoms with Crippen LogP contribution in [0.3, 0.4) is 0 Å². The summed E-state index contributed by atoms with van der Waals surface area (Å²) < 4.78 is 0. The zero-order valence-electron chi connectivity index (χ0n) is 17.7. The lowest BCUT2D eigenvalue weighted by molar-refractivity contribution is -0.117. The smallest absolute Gasteiger partial charge is 0.294 e. The molecule has 7 heteroatoms. The van der Waals surface area contributed by atoms with E-state index in [0.717, 1.165) is 5.56 Å². The van der Waals surface area contributed by atoms with Crippen molar-refractivity contribution < 1.29 is 14.7 Å². The van der Waals surface area contributed by atoms with Crippen LogP contribution in [0.5, 0.6) is 0 Å². The topological polar surface area (TPSA) is 83.4 Å². The zero-order chi connectivity index (χ0) is 22.9. The van der Waals surface area contributed by atoms with Gasteiger partial charge in [0.05, 0.1) is 21.8 Å². The van der Waals surface area contributed by atoms with Crippen LogP contribution in [0.25, 0.3) is 10.6 Å². The third kappa shape index (κ3) is 3.62. The van der Waals surface area contributed by atoms with Crippen LogP contribution in [0, 0.1) is 6.92 Å². The summed E-state index contributed by atoms with van der Waals surface area (Å²) in [4.78, 5) is 37.7. The summed E-state index contributed by atoms with van der Waals surface area (Å²) in [5.74, 6) is -1.62. The quantitative estimate of drug-likeness (QED) is 0.415. The van der Waals surface area contributed by atoms with Crippen LogP contribution in [0.2, 0.25) is 0 Å². The van der Waals surface area contributed by atoms with Crippen molar-refractivity contribution in [3.8, 4) is 10.6 Å². The van der Waals surface area contributed by atoms with Gasteiger partial charge in [0.2, 0.25) is 5.78 Å². The molecular weight excluding hydrogens is 434 g/mol. The normalized spacial score (nSPS) is 15.8. The molecule has 1 amide bonds. The number of pyridine rings is 1. The largest absolute Gasteiger partial charge is 0.503 e. The number of aromatic nitrogens is 2. The van der Waals surface area contributed by atoms with Crippen molar-refractivity contribution in [2.45, 2.75) is 13.0 Å². The average Bonchev–Trinajstić information content (AvgIpc) is 3.38. The van der Waals surface area contributed by atoms with E-state index in [1.54, 1.807) is 55.6 Å². The minimum Gasteiger partial charge on any atom is -0.503 e. The van der Waals surface area contributed by atoms with Gasteiger partial charge in [0.25, 0.3) is 5.91 Å². The molecule has 3 heterocycles. The average molecular weight is 454 g/mol. The molecule has 0 fully saturated rings. The molecule has 1 unspecified atom stereocenters. The van der Waals surface area contributed by atoms with Crippen molar-refractivity contribution in [2.75, 3.05) is 4.90 Å². The molecule has 1 aliphatic rings. The summed E-state index contributed by atoms with van der Waals surface area (Å²) >= 11 is 1.25. The van der Waals surface area contributed by atoms with E-state index in [1.165, 1.54) is 16.2 Å². The molecule has 33 heavy (non-hydrogen) atoms. The highest BCUT2D eigenvalue weighted by molar-refractivity contribution is 7.17. The number of amides is 1. The summed E-state index contributed by atoms with van der Waals surface area (Å²) in [5, 5.41) is 11.6. The number of para-hydroxylation sites is 1. The molecule has 0 radical (unpaired) electrons. The third-order valence-corrected chi connectivity index (χ3v) is 6.68. The van der Waals surface area contributed by atoms with Crippen LogP contribution in [-0.2, 0) is 4.79 Å². The van der Waals surface area contributed by atoms with Gasteiger partial charge in [0.1, 0.15) is 11.0 Å². The Bertz CT molecular complexity index is 1370. The predicted octanol–water partition coefficient (Wildman–Crippen LogP) is 5.30. The number of Topliss-reactive ketones (excluding diaryl/α,β-unsaturated/α-hetero) is 1.